The van der Waals surface area contributed by atoms with Crippen LogP contribution >= 0.6 is 0 Å². The van der Waals surface area contributed by atoms with E-state index in [9.17, 15) is 13.6 Å². The zero-order chi connectivity index (χ0) is 13.8. The van der Waals surface area contributed by atoms with Crippen LogP contribution in [-0.2, 0) is 16.0 Å². The first-order chi connectivity index (χ1) is 9.11. The quantitative estimate of drug-likeness (QED) is 0.797. The number of alkyl halides is 2. The first-order valence-electron chi connectivity index (χ1n) is 5.64. The van der Waals surface area contributed by atoms with Gasteiger partial charge in [-0.1, -0.05) is 36.4 Å². The lowest BCUT2D eigenvalue weighted by Crippen LogP contribution is -2.09. The Hall–Kier alpha value is -2.17. The van der Waals surface area contributed by atoms with Crippen LogP contribution in [0.5, 0.6) is 5.75 Å². The molecule has 0 aliphatic carbocycles. The molecule has 0 saturated heterocycles. The average molecular weight is 266 g/mol. The second-order valence-electron chi connectivity index (χ2n) is 3.91. The van der Waals surface area contributed by atoms with Crippen molar-refractivity contribution in [1.29, 1.82) is 0 Å². The minimum Gasteiger partial charge on any atom is -0.469 e. The van der Waals surface area contributed by atoms with Crippen molar-refractivity contribution < 1.29 is 23.0 Å². The molecule has 5 heteroatoms. The Bertz CT molecular complexity index is 596. The summed E-state index contributed by atoms with van der Waals surface area (Å²) in [5.74, 6) is -0.479. The summed E-state index contributed by atoms with van der Waals surface area (Å²) in [6.45, 7) is -2.94. The second-order valence-corrected chi connectivity index (χ2v) is 3.91. The minimum absolute atomic E-state index is 0.0264. The Morgan fingerprint density at radius 3 is 2.63 bits per heavy atom. The molecule has 0 unspecified atom stereocenters. The third-order valence-corrected chi connectivity index (χ3v) is 2.73. The van der Waals surface area contributed by atoms with E-state index >= 15 is 0 Å². The fourth-order valence-electron chi connectivity index (χ4n) is 1.88. The summed E-state index contributed by atoms with van der Waals surface area (Å²) in [5.41, 5.74) is 0.380. The Morgan fingerprint density at radius 1 is 1.21 bits per heavy atom. The zero-order valence-corrected chi connectivity index (χ0v) is 10.2. The molecule has 0 aliphatic heterocycles. The summed E-state index contributed by atoms with van der Waals surface area (Å²) in [4.78, 5) is 11.3. The van der Waals surface area contributed by atoms with Crippen molar-refractivity contribution >= 4 is 16.7 Å². The van der Waals surface area contributed by atoms with Gasteiger partial charge in [-0.15, -0.1) is 0 Å². The van der Waals surface area contributed by atoms with Crippen molar-refractivity contribution in [2.24, 2.45) is 0 Å². The fraction of sp³-hybridized carbons (Fsp3) is 0.214. The van der Waals surface area contributed by atoms with E-state index in [0.29, 0.717) is 10.9 Å². The third kappa shape index (κ3) is 2.99. The first-order valence-corrected chi connectivity index (χ1v) is 5.64. The SMILES string of the molecule is COC(=O)Cc1ccc2ccccc2c1OC(F)F. The maximum Gasteiger partial charge on any atom is 0.387 e. The van der Waals surface area contributed by atoms with Crippen molar-refractivity contribution in [2.45, 2.75) is 13.0 Å². The van der Waals surface area contributed by atoms with Gasteiger partial charge >= 0.3 is 12.6 Å². The number of rotatable bonds is 4. The molecule has 100 valence electrons. The number of methoxy groups -OCH3 is 1. The van der Waals surface area contributed by atoms with Crippen LogP contribution in [0.3, 0.4) is 0 Å². The molecule has 2 aromatic rings. The van der Waals surface area contributed by atoms with Gasteiger partial charge in [-0.25, -0.2) is 0 Å². The number of carbonyl (C=O) groups excluding carboxylic acids is 1. The monoisotopic (exact) mass is 266 g/mol. The predicted molar refractivity (Wildman–Crippen MR) is 66.3 cm³/mol. The molecule has 3 nitrogen and oxygen atoms in total. The van der Waals surface area contributed by atoms with Crippen molar-refractivity contribution in [3.63, 3.8) is 0 Å². The van der Waals surface area contributed by atoms with Crippen LogP contribution in [0, 0.1) is 0 Å². The highest BCUT2D eigenvalue weighted by Gasteiger charge is 2.16. The van der Waals surface area contributed by atoms with E-state index in [-0.39, 0.29) is 12.2 Å². The van der Waals surface area contributed by atoms with Crippen molar-refractivity contribution in [3.8, 4) is 5.75 Å². The molecule has 2 aromatic carbocycles. The van der Waals surface area contributed by atoms with Gasteiger partial charge in [0.2, 0.25) is 0 Å². The summed E-state index contributed by atoms with van der Waals surface area (Å²) in [5, 5.41) is 1.32. The van der Waals surface area contributed by atoms with E-state index in [4.69, 9.17) is 0 Å². The molecule has 0 amide bonds. The second kappa shape index (κ2) is 5.65. The molecule has 0 spiro atoms. The molecule has 0 heterocycles. The van der Waals surface area contributed by atoms with Gasteiger partial charge in [-0.2, -0.15) is 8.78 Å². The lowest BCUT2D eigenvalue weighted by atomic mass is 10.0. The topological polar surface area (TPSA) is 35.5 Å². The van der Waals surface area contributed by atoms with Gasteiger partial charge in [-0.05, 0) is 5.39 Å². The molecule has 0 saturated carbocycles. The van der Waals surface area contributed by atoms with Gasteiger partial charge in [0, 0.05) is 10.9 Å². The third-order valence-electron chi connectivity index (χ3n) is 2.73. The Labute approximate surface area is 108 Å². The highest BCUT2D eigenvalue weighted by molar-refractivity contribution is 5.91. The summed E-state index contributed by atoms with van der Waals surface area (Å²) >= 11 is 0. The van der Waals surface area contributed by atoms with Gasteiger partial charge in [-0.3, -0.25) is 4.79 Å². The van der Waals surface area contributed by atoms with E-state index in [1.54, 1.807) is 36.4 Å². The summed E-state index contributed by atoms with van der Waals surface area (Å²) in [6, 6.07) is 10.3. The van der Waals surface area contributed by atoms with Crippen LogP contribution in [0.1, 0.15) is 5.56 Å². The number of fused-ring (bicyclic) bond motifs is 1. The van der Waals surface area contributed by atoms with Crippen LogP contribution in [0.15, 0.2) is 36.4 Å². The van der Waals surface area contributed by atoms with Gasteiger partial charge in [0.15, 0.2) is 0 Å². The zero-order valence-electron chi connectivity index (χ0n) is 10.2. The number of hydrogen-bond acceptors (Lipinski definition) is 3. The maximum atomic E-state index is 12.5. The number of benzene rings is 2. The molecular formula is C14H12F2O3. The fourth-order valence-corrected chi connectivity index (χ4v) is 1.88. The van der Waals surface area contributed by atoms with E-state index in [2.05, 4.69) is 9.47 Å². The van der Waals surface area contributed by atoms with Crippen LogP contribution in [0.25, 0.3) is 10.8 Å². The van der Waals surface area contributed by atoms with Crippen molar-refractivity contribution in [1.82, 2.24) is 0 Å². The smallest absolute Gasteiger partial charge is 0.387 e. The lowest BCUT2D eigenvalue weighted by molar-refractivity contribution is -0.139. The molecular weight excluding hydrogens is 254 g/mol. The summed E-state index contributed by atoms with van der Waals surface area (Å²) < 4.78 is 34.1. The molecule has 0 bridgehead atoms. The molecule has 0 N–H and O–H groups in total. The Morgan fingerprint density at radius 2 is 1.95 bits per heavy atom. The molecule has 0 aromatic heterocycles. The predicted octanol–water partition coefficient (Wildman–Crippen LogP) is 3.16. The van der Waals surface area contributed by atoms with Crippen LogP contribution in [0.4, 0.5) is 8.78 Å². The average Bonchev–Trinajstić information content (AvgIpc) is 2.40. The van der Waals surface area contributed by atoms with Gasteiger partial charge in [0.1, 0.15) is 5.75 Å². The molecule has 0 aliphatic rings. The minimum atomic E-state index is -2.94. The van der Waals surface area contributed by atoms with Gasteiger partial charge in [0.05, 0.1) is 13.5 Å². The summed E-state index contributed by atoms with van der Waals surface area (Å²) in [7, 11) is 1.25. The number of carbonyl (C=O) groups is 1. The maximum absolute atomic E-state index is 12.5. The van der Waals surface area contributed by atoms with Gasteiger partial charge < -0.3 is 9.47 Å². The first kappa shape index (κ1) is 13.3. The molecule has 19 heavy (non-hydrogen) atoms. The van der Waals surface area contributed by atoms with Crippen molar-refractivity contribution in [2.75, 3.05) is 7.11 Å². The summed E-state index contributed by atoms with van der Waals surface area (Å²) in [6.07, 6.45) is -0.108. The number of halogens is 2. The highest BCUT2D eigenvalue weighted by atomic mass is 19.3. The van der Waals surface area contributed by atoms with E-state index in [1.165, 1.54) is 7.11 Å². The highest BCUT2D eigenvalue weighted by Crippen LogP contribution is 2.31. The van der Waals surface area contributed by atoms with Crippen LogP contribution < -0.4 is 4.74 Å². The molecule has 2 rings (SSSR count). The molecule has 0 fully saturated rings. The largest absolute Gasteiger partial charge is 0.469 e. The molecule has 0 radical (unpaired) electrons. The van der Waals surface area contributed by atoms with E-state index in [1.807, 2.05) is 0 Å². The van der Waals surface area contributed by atoms with E-state index < -0.39 is 12.6 Å². The van der Waals surface area contributed by atoms with E-state index in [0.717, 1.165) is 5.39 Å². The normalized spacial score (nSPS) is 10.7. The molecule has 0 atom stereocenters. The Balaban J connectivity index is 2.52. The van der Waals surface area contributed by atoms with Crippen LogP contribution in [0.2, 0.25) is 0 Å². The Kier molecular flexibility index (Phi) is 3.94. The number of ether oxygens (including phenoxy) is 2. The lowest BCUT2D eigenvalue weighted by Gasteiger charge is -2.13. The number of esters is 1. The standard InChI is InChI=1S/C14H12F2O3/c1-18-12(17)8-10-7-6-9-4-2-3-5-11(9)13(10)19-14(15)16/h2-7,14H,8H2,1H3. The van der Waals surface area contributed by atoms with Gasteiger partial charge in [0.25, 0.3) is 0 Å². The van der Waals surface area contributed by atoms with Crippen LogP contribution in [-0.4, -0.2) is 19.7 Å². The number of hydrogen-bond donors (Lipinski definition) is 0. The van der Waals surface area contributed by atoms with Crippen molar-refractivity contribution in [3.05, 3.63) is 42.0 Å².